The molecule has 80 valence electrons. The zero-order valence-corrected chi connectivity index (χ0v) is 9.81. The first kappa shape index (κ1) is 11.6. The minimum absolute atomic E-state index is 0.908. The minimum atomic E-state index is 0.908. The highest BCUT2D eigenvalue weighted by molar-refractivity contribution is 5.08. The molecule has 1 rings (SSSR count). The van der Waals surface area contributed by atoms with Crippen LogP contribution in [0.25, 0.3) is 0 Å². The minimum Gasteiger partial charge on any atom is -0.0998 e. The van der Waals surface area contributed by atoms with Crippen LogP contribution < -0.4 is 0 Å². The van der Waals surface area contributed by atoms with E-state index in [1.807, 2.05) is 0 Å². The average molecular weight is 192 g/mol. The van der Waals surface area contributed by atoms with Gasteiger partial charge in [0.15, 0.2) is 0 Å². The lowest BCUT2D eigenvalue weighted by Gasteiger charge is -2.27. The average Bonchev–Trinajstić information content (AvgIpc) is 2.01. The predicted molar refractivity (Wildman–Crippen MR) is 64.3 cm³/mol. The van der Waals surface area contributed by atoms with Crippen molar-refractivity contribution in [2.45, 2.75) is 52.4 Å². The van der Waals surface area contributed by atoms with Gasteiger partial charge < -0.3 is 0 Å². The van der Waals surface area contributed by atoms with Crippen LogP contribution in [-0.2, 0) is 0 Å². The van der Waals surface area contributed by atoms with E-state index >= 15 is 0 Å². The fourth-order valence-electron chi connectivity index (χ4n) is 2.65. The molecular weight excluding hydrogens is 168 g/mol. The van der Waals surface area contributed by atoms with E-state index in [-0.39, 0.29) is 0 Å². The molecule has 0 bridgehead atoms. The summed E-state index contributed by atoms with van der Waals surface area (Å²) >= 11 is 0. The van der Waals surface area contributed by atoms with Crippen molar-refractivity contribution in [1.29, 1.82) is 0 Å². The summed E-state index contributed by atoms with van der Waals surface area (Å²) in [6.07, 6.45) is 7.95. The van der Waals surface area contributed by atoms with Crippen molar-refractivity contribution in [1.82, 2.24) is 0 Å². The Hall–Kier alpha value is -0.520. The molecule has 0 radical (unpaired) electrons. The Bertz CT molecular complexity index is 212. The Morgan fingerprint density at radius 3 is 2.57 bits per heavy atom. The van der Waals surface area contributed by atoms with Crippen LogP contribution >= 0.6 is 0 Å². The maximum absolute atomic E-state index is 4.15. The lowest BCUT2D eigenvalue weighted by molar-refractivity contribution is 0.280. The molecule has 2 atom stereocenters. The summed E-state index contributed by atoms with van der Waals surface area (Å²) < 4.78 is 0. The third-order valence-corrected chi connectivity index (χ3v) is 3.17. The van der Waals surface area contributed by atoms with Crippen molar-refractivity contribution in [3.05, 3.63) is 24.3 Å². The van der Waals surface area contributed by atoms with Gasteiger partial charge in [0.1, 0.15) is 0 Å². The van der Waals surface area contributed by atoms with Crippen LogP contribution in [0.3, 0.4) is 0 Å². The number of hydrogen-bond donors (Lipinski definition) is 0. The first-order valence-corrected chi connectivity index (χ1v) is 5.89. The molecule has 0 aromatic heterocycles. The van der Waals surface area contributed by atoms with Gasteiger partial charge in [0.2, 0.25) is 0 Å². The van der Waals surface area contributed by atoms with Crippen molar-refractivity contribution in [2.24, 2.45) is 11.8 Å². The Kier molecular flexibility index (Phi) is 4.44. The molecule has 0 aromatic carbocycles. The van der Waals surface area contributed by atoms with Crippen LogP contribution in [-0.4, -0.2) is 0 Å². The Morgan fingerprint density at radius 2 is 2.00 bits per heavy atom. The maximum atomic E-state index is 4.15. The van der Waals surface area contributed by atoms with Crippen molar-refractivity contribution in [3.63, 3.8) is 0 Å². The van der Waals surface area contributed by atoms with Gasteiger partial charge in [0.05, 0.1) is 0 Å². The van der Waals surface area contributed by atoms with Gasteiger partial charge in [0, 0.05) is 0 Å². The van der Waals surface area contributed by atoms with Crippen molar-refractivity contribution < 1.29 is 0 Å². The summed E-state index contributed by atoms with van der Waals surface area (Å²) in [5, 5.41) is 0. The van der Waals surface area contributed by atoms with Gasteiger partial charge in [-0.2, -0.15) is 0 Å². The number of rotatable bonds is 4. The third kappa shape index (κ3) is 4.13. The van der Waals surface area contributed by atoms with Gasteiger partial charge in [-0.15, -0.1) is 0 Å². The smallest absolute Gasteiger partial charge is 0.0117 e. The van der Waals surface area contributed by atoms with Crippen molar-refractivity contribution in [2.75, 3.05) is 0 Å². The summed E-state index contributed by atoms with van der Waals surface area (Å²) in [4.78, 5) is 0. The van der Waals surface area contributed by atoms with Crippen LogP contribution in [0.4, 0.5) is 0 Å². The van der Waals surface area contributed by atoms with Crippen LogP contribution in [0.15, 0.2) is 24.3 Å². The van der Waals surface area contributed by atoms with E-state index in [4.69, 9.17) is 0 Å². The SMILES string of the molecule is C=C(C)CC(=C)C[C@H]1CCCC(C)C1. The second kappa shape index (κ2) is 5.38. The highest BCUT2D eigenvalue weighted by atomic mass is 14.2. The summed E-state index contributed by atoms with van der Waals surface area (Å²) in [6, 6.07) is 0. The zero-order valence-electron chi connectivity index (χ0n) is 9.81. The molecule has 1 aliphatic rings. The van der Waals surface area contributed by atoms with Crippen LogP contribution in [0.1, 0.15) is 52.4 Å². The highest BCUT2D eigenvalue weighted by Gasteiger charge is 2.19. The van der Waals surface area contributed by atoms with E-state index in [2.05, 4.69) is 27.0 Å². The quantitative estimate of drug-likeness (QED) is 0.565. The summed E-state index contributed by atoms with van der Waals surface area (Å²) in [6.45, 7) is 12.6. The molecule has 1 saturated carbocycles. The first-order chi connectivity index (χ1) is 6.58. The van der Waals surface area contributed by atoms with Crippen LogP contribution in [0.2, 0.25) is 0 Å². The maximum Gasteiger partial charge on any atom is -0.0117 e. The molecule has 0 heteroatoms. The van der Waals surface area contributed by atoms with Gasteiger partial charge in [-0.25, -0.2) is 0 Å². The second-order valence-electron chi connectivity index (χ2n) is 5.23. The summed E-state index contributed by atoms with van der Waals surface area (Å²) in [5.41, 5.74) is 2.63. The Labute approximate surface area is 89.1 Å². The monoisotopic (exact) mass is 192 g/mol. The lowest BCUT2D eigenvalue weighted by atomic mass is 9.79. The molecule has 0 spiro atoms. The van der Waals surface area contributed by atoms with Gasteiger partial charge in [-0.3, -0.25) is 0 Å². The van der Waals surface area contributed by atoms with Crippen molar-refractivity contribution in [3.8, 4) is 0 Å². The molecule has 1 unspecified atom stereocenters. The molecule has 0 aliphatic heterocycles. The first-order valence-electron chi connectivity index (χ1n) is 5.89. The Balaban J connectivity index is 2.28. The molecule has 0 N–H and O–H groups in total. The van der Waals surface area contributed by atoms with Gasteiger partial charge in [-0.05, 0) is 38.0 Å². The molecule has 0 nitrogen and oxygen atoms in total. The fourth-order valence-corrected chi connectivity index (χ4v) is 2.65. The van der Waals surface area contributed by atoms with E-state index in [1.54, 1.807) is 0 Å². The molecule has 0 saturated heterocycles. The molecular formula is C14H24. The third-order valence-electron chi connectivity index (χ3n) is 3.17. The number of hydrogen-bond acceptors (Lipinski definition) is 0. The van der Waals surface area contributed by atoms with Crippen LogP contribution in [0.5, 0.6) is 0 Å². The van der Waals surface area contributed by atoms with E-state index in [9.17, 15) is 0 Å². The number of allylic oxidation sites excluding steroid dienone is 2. The standard InChI is InChI=1S/C14H24/c1-11(2)8-13(4)10-14-7-5-6-12(3)9-14/h12,14H,1,4-10H2,2-3H3/t12?,14-/m0/s1. The summed E-state index contributed by atoms with van der Waals surface area (Å²) in [7, 11) is 0. The fraction of sp³-hybridized carbons (Fsp3) is 0.714. The Morgan fingerprint density at radius 1 is 1.29 bits per heavy atom. The predicted octanol–water partition coefficient (Wildman–Crippen LogP) is 4.73. The van der Waals surface area contributed by atoms with Crippen LogP contribution in [0, 0.1) is 11.8 Å². The zero-order chi connectivity index (χ0) is 10.6. The highest BCUT2D eigenvalue weighted by Crippen LogP contribution is 2.33. The van der Waals surface area contributed by atoms with E-state index in [0.29, 0.717) is 0 Å². The largest absolute Gasteiger partial charge is 0.0998 e. The summed E-state index contributed by atoms with van der Waals surface area (Å²) in [5.74, 6) is 1.84. The normalized spacial score (nSPS) is 27.3. The van der Waals surface area contributed by atoms with Gasteiger partial charge in [0.25, 0.3) is 0 Å². The van der Waals surface area contributed by atoms with E-state index in [1.165, 1.54) is 43.3 Å². The molecule has 14 heavy (non-hydrogen) atoms. The second-order valence-corrected chi connectivity index (χ2v) is 5.23. The van der Waals surface area contributed by atoms with E-state index in [0.717, 1.165) is 18.3 Å². The molecule has 1 fully saturated rings. The molecule has 0 aromatic rings. The topological polar surface area (TPSA) is 0 Å². The molecule has 0 amide bonds. The molecule has 1 aliphatic carbocycles. The lowest BCUT2D eigenvalue weighted by Crippen LogP contribution is -2.13. The van der Waals surface area contributed by atoms with Crippen molar-refractivity contribution >= 4 is 0 Å². The molecule has 0 heterocycles. The van der Waals surface area contributed by atoms with Gasteiger partial charge in [-0.1, -0.05) is 50.5 Å². The van der Waals surface area contributed by atoms with Gasteiger partial charge >= 0.3 is 0 Å². The van der Waals surface area contributed by atoms with E-state index < -0.39 is 0 Å².